The lowest BCUT2D eigenvalue weighted by molar-refractivity contribution is 0.280. The molecule has 1 aromatic heterocycles. The van der Waals surface area contributed by atoms with Crippen molar-refractivity contribution in [2.75, 3.05) is 12.4 Å². The lowest BCUT2D eigenvalue weighted by Crippen LogP contribution is -2.27. The van der Waals surface area contributed by atoms with Gasteiger partial charge in [-0.15, -0.1) is 22.9 Å². The van der Waals surface area contributed by atoms with Crippen molar-refractivity contribution in [3.63, 3.8) is 0 Å². The topological polar surface area (TPSA) is 3.24 Å². The number of nitrogens with zero attached hydrogens (tertiary/aromatic N) is 1. The molecule has 0 bridgehead atoms. The van der Waals surface area contributed by atoms with E-state index in [9.17, 15) is 0 Å². The van der Waals surface area contributed by atoms with Crippen molar-refractivity contribution in [2.24, 2.45) is 0 Å². The van der Waals surface area contributed by atoms with Crippen LogP contribution >= 0.6 is 22.9 Å². The van der Waals surface area contributed by atoms with Gasteiger partial charge in [0.25, 0.3) is 0 Å². The average Bonchev–Trinajstić information content (AvgIpc) is 2.97. The molecule has 0 aromatic carbocycles. The largest absolute Gasteiger partial charge is 0.291 e. The second kappa shape index (κ2) is 5.15. The molecule has 0 saturated heterocycles. The number of hydrogen-bond acceptors (Lipinski definition) is 2. The monoisotopic (exact) mass is 241 g/mol. The summed E-state index contributed by atoms with van der Waals surface area (Å²) in [5.74, 6) is 0.577. The molecule has 3 heteroatoms. The Balaban J connectivity index is 1.91. The molecule has 1 heterocycles. The summed E-state index contributed by atoms with van der Waals surface area (Å²) in [4.78, 5) is 3.93. The Labute approximate surface area is 100 Å². The van der Waals surface area contributed by atoms with Crippen LogP contribution in [0.3, 0.4) is 0 Å². The average molecular weight is 242 g/mol. The van der Waals surface area contributed by atoms with E-state index in [0.29, 0.717) is 5.88 Å². The van der Waals surface area contributed by atoms with E-state index in [2.05, 4.69) is 29.0 Å². The molecule has 1 nitrogen and oxygen atoms in total. The Bertz CT molecular complexity index is 316. The van der Waals surface area contributed by atoms with Crippen LogP contribution in [0.4, 0.5) is 0 Å². The number of halogens is 1. The highest BCUT2D eigenvalue weighted by atomic mass is 35.5. The minimum absolute atomic E-state index is 0.577. The minimum atomic E-state index is 0.577. The molecule has 0 N–H and O–H groups in total. The van der Waals surface area contributed by atoms with Crippen LogP contribution in [-0.2, 0) is 6.54 Å². The highest BCUT2D eigenvalue weighted by Gasteiger charge is 2.29. The first kappa shape index (κ1) is 11.2. The summed E-state index contributed by atoms with van der Waals surface area (Å²) in [7, 11) is 0. The maximum Gasteiger partial charge on any atom is 0.0443 e. The van der Waals surface area contributed by atoms with Gasteiger partial charge in [0, 0.05) is 29.9 Å². The smallest absolute Gasteiger partial charge is 0.0443 e. The molecule has 1 fully saturated rings. The lowest BCUT2D eigenvalue weighted by atomic mass is 10.3. The Morgan fingerprint density at radius 3 is 2.93 bits per heavy atom. The Hall–Kier alpha value is -0.310. The second-order valence-electron chi connectivity index (χ2n) is 4.10. The first-order chi connectivity index (χ1) is 7.29. The third-order valence-corrected chi connectivity index (χ3v) is 3.86. The SMILES string of the molecule is C=C(CCl)CN(Cc1cccs1)C1CC1. The standard InChI is InChI=1S/C12H16ClNS/c1-10(7-13)8-14(11-4-5-11)9-12-3-2-6-15-12/h2-3,6,11H,1,4-5,7-9H2. The van der Waals surface area contributed by atoms with Crippen molar-refractivity contribution in [3.05, 3.63) is 34.5 Å². The van der Waals surface area contributed by atoms with Crippen LogP contribution in [0.25, 0.3) is 0 Å². The second-order valence-corrected chi connectivity index (χ2v) is 5.40. The van der Waals surface area contributed by atoms with Gasteiger partial charge in [-0.1, -0.05) is 12.6 Å². The van der Waals surface area contributed by atoms with Gasteiger partial charge in [0.1, 0.15) is 0 Å². The fourth-order valence-electron chi connectivity index (χ4n) is 1.69. The summed E-state index contributed by atoms with van der Waals surface area (Å²) in [5.41, 5.74) is 1.13. The maximum atomic E-state index is 5.78. The summed E-state index contributed by atoms with van der Waals surface area (Å²) in [6.07, 6.45) is 2.67. The van der Waals surface area contributed by atoms with E-state index < -0.39 is 0 Å². The van der Waals surface area contributed by atoms with Gasteiger partial charge in [0.15, 0.2) is 0 Å². The van der Waals surface area contributed by atoms with Crippen molar-refractivity contribution in [2.45, 2.75) is 25.4 Å². The Kier molecular flexibility index (Phi) is 3.84. The first-order valence-electron chi connectivity index (χ1n) is 5.28. The third kappa shape index (κ3) is 3.33. The fraction of sp³-hybridized carbons (Fsp3) is 0.500. The normalized spacial score (nSPS) is 15.9. The van der Waals surface area contributed by atoms with E-state index in [0.717, 1.165) is 24.7 Å². The quantitative estimate of drug-likeness (QED) is 0.544. The van der Waals surface area contributed by atoms with E-state index in [4.69, 9.17) is 11.6 Å². The van der Waals surface area contributed by atoms with Gasteiger partial charge >= 0.3 is 0 Å². The predicted molar refractivity (Wildman–Crippen MR) is 67.6 cm³/mol. The van der Waals surface area contributed by atoms with Crippen molar-refractivity contribution in [3.8, 4) is 0 Å². The summed E-state index contributed by atoms with van der Waals surface area (Å²) >= 11 is 7.61. The molecule has 0 aliphatic heterocycles. The molecule has 1 aliphatic carbocycles. The first-order valence-corrected chi connectivity index (χ1v) is 6.70. The fourth-order valence-corrected chi connectivity index (χ4v) is 2.50. The van der Waals surface area contributed by atoms with E-state index in [-0.39, 0.29) is 0 Å². The Morgan fingerprint density at radius 2 is 2.40 bits per heavy atom. The summed E-state index contributed by atoms with van der Waals surface area (Å²) in [5, 5.41) is 2.14. The molecule has 0 unspecified atom stereocenters. The molecule has 2 rings (SSSR count). The van der Waals surface area contributed by atoms with E-state index in [1.165, 1.54) is 17.7 Å². The van der Waals surface area contributed by atoms with Gasteiger partial charge in [-0.25, -0.2) is 0 Å². The summed E-state index contributed by atoms with van der Waals surface area (Å²) in [6, 6.07) is 5.08. The zero-order valence-corrected chi connectivity index (χ0v) is 10.4. The van der Waals surface area contributed by atoms with Crippen LogP contribution in [0.15, 0.2) is 29.7 Å². The molecule has 0 radical (unpaired) electrons. The molecule has 0 amide bonds. The van der Waals surface area contributed by atoms with Gasteiger partial charge in [0.2, 0.25) is 0 Å². The molecular formula is C12H16ClNS. The molecule has 82 valence electrons. The van der Waals surface area contributed by atoms with E-state index >= 15 is 0 Å². The molecule has 1 aliphatic rings. The molecule has 1 aromatic rings. The summed E-state index contributed by atoms with van der Waals surface area (Å²) in [6.45, 7) is 5.99. The predicted octanol–water partition coefficient (Wildman–Crippen LogP) is 3.51. The number of rotatable bonds is 6. The molecule has 1 saturated carbocycles. The summed E-state index contributed by atoms with van der Waals surface area (Å²) < 4.78 is 0. The lowest BCUT2D eigenvalue weighted by Gasteiger charge is -2.21. The third-order valence-electron chi connectivity index (χ3n) is 2.62. The molecular weight excluding hydrogens is 226 g/mol. The highest BCUT2D eigenvalue weighted by molar-refractivity contribution is 7.09. The minimum Gasteiger partial charge on any atom is -0.291 e. The van der Waals surface area contributed by atoms with Gasteiger partial charge in [-0.3, -0.25) is 4.90 Å². The van der Waals surface area contributed by atoms with Crippen molar-refractivity contribution in [1.82, 2.24) is 4.90 Å². The molecule has 15 heavy (non-hydrogen) atoms. The van der Waals surface area contributed by atoms with Gasteiger partial charge in [0.05, 0.1) is 0 Å². The zero-order chi connectivity index (χ0) is 10.7. The van der Waals surface area contributed by atoms with Crippen molar-refractivity contribution in [1.29, 1.82) is 0 Å². The van der Waals surface area contributed by atoms with Gasteiger partial charge < -0.3 is 0 Å². The van der Waals surface area contributed by atoms with Crippen LogP contribution < -0.4 is 0 Å². The van der Waals surface area contributed by atoms with Crippen LogP contribution in [0.1, 0.15) is 17.7 Å². The van der Waals surface area contributed by atoms with Crippen molar-refractivity contribution >= 4 is 22.9 Å². The van der Waals surface area contributed by atoms with Crippen LogP contribution in [0.2, 0.25) is 0 Å². The Morgan fingerprint density at radius 1 is 1.60 bits per heavy atom. The number of alkyl halides is 1. The van der Waals surface area contributed by atoms with Gasteiger partial charge in [-0.05, 0) is 29.9 Å². The van der Waals surface area contributed by atoms with Crippen molar-refractivity contribution < 1.29 is 0 Å². The molecule has 0 atom stereocenters. The number of hydrogen-bond donors (Lipinski definition) is 0. The maximum absolute atomic E-state index is 5.78. The zero-order valence-electron chi connectivity index (χ0n) is 8.79. The van der Waals surface area contributed by atoms with Crippen LogP contribution in [0.5, 0.6) is 0 Å². The van der Waals surface area contributed by atoms with E-state index in [1.54, 1.807) is 0 Å². The molecule has 0 spiro atoms. The van der Waals surface area contributed by atoms with Crippen LogP contribution in [0, 0.1) is 0 Å². The number of thiophene rings is 1. The van der Waals surface area contributed by atoms with E-state index in [1.807, 2.05) is 11.3 Å². The highest BCUT2D eigenvalue weighted by Crippen LogP contribution is 2.29. The van der Waals surface area contributed by atoms with Crippen LogP contribution in [-0.4, -0.2) is 23.4 Å². The van der Waals surface area contributed by atoms with Gasteiger partial charge in [-0.2, -0.15) is 0 Å².